The van der Waals surface area contributed by atoms with Gasteiger partial charge in [-0.15, -0.1) is 0 Å². The summed E-state index contributed by atoms with van der Waals surface area (Å²) in [4.78, 5) is 8.34. The van der Waals surface area contributed by atoms with Gasteiger partial charge in [-0.05, 0) is 25.9 Å². The molecule has 70 valence electrons. The highest BCUT2D eigenvalue weighted by molar-refractivity contribution is 5.23. The Morgan fingerprint density at radius 3 is 2.62 bits per heavy atom. The molecule has 4 nitrogen and oxygen atoms in total. The van der Waals surface area contributed by atoms with Gasteiger partial charge in [-0.2, -0.15) is 0 Å². The average Bonchev–Trinajstić information content (AvgIpc) is 2.20. The van der Waals surface area contributed by atoms with Crippen LogP contribution in [0.2, 0.25) is 0 Å². The van der Waals surface area contributed by atoms with Crippen molar-refractivity contribution in [2.24, 2.45) is 0 Å². The van der Waals surface area contributed by atoms with Crippen molar-refractivity contribution in [1.29, 1.82) is 0 Å². The first-order valence-corrected chi connectivity index (χ1v) is 4.64. The topological polar surface area (TPSA) is 63.8 Å². The van der Waals surface area contributed by atoms with Crippen LogP contribution in [0.15, 0.2) is 12.4 Å². The van der Waals surface area contributed by atoms with Crippen molar-refractivity contribution in [1.82, 2.24) is 15.3 Å². The number of piperidine rings is 1. The quantitative estimate of drug-likeness (QED) is 0.658. The predicted octanol–water partition coefficient (Wildman–Crippen LogP) is 0.526. The fraction of sp³-hybridized carbons (Fsp3) is 0.556. The van der Waals surface area contributed by atoms with Gasteiger partial charge >= 0.3 is 0 Å². The standard InChI is InChI=1S/C9H14N4/c10-9-6-12-8(5-13-9)7-1-3-11-4-2-7/h5-7,11H,1-4H2,(H2,10,13). The highest BCUT2D eigenvalue weighted by atomic mass is 14.9. The Kier molecular flexibility index (Phi) is 2.40. The highest BCUT2D eigenvalue weighted by Crippen LogP contribution is 2.22. The maximum Gasteiger partial charge on any atom is 0.141 e. The second-order valence-electron chi connectivity index (χ2n) is 3.39. The lowest BCUT2D eigenvalue weighted by atomic mass is 9.95. The van der Waals surface area contributed by atoms with Crippen molar-refractivity contribution in [3.05, 3.63) is 18.1 Å². The Balaban J connectivity index is 2.10. The number of nitrogens with two attached hydrogens (primary N) is 1. The molecule has 1 aromatic rings. The first-order valence-electron chi connectivity index (χ1n) is 4.64. The molecule has 0 saturated carbocycles. The highest BCUT2D eigenvalue weighted by Gasteiger charge is 2.16. The van der Waals surface area contributed by atoms with Gasteiger partial charge in [-0.25, -0.2) is 4.98 Å². The summed E-state index contributed by atoms with van der Waals surface area (Å²) in [5.41, 5.74) is 6.55. The molecule has 0 bridgehead atoms. The third-order valence-corrected chi connectivity index (χ3v) is 2.45. The molecule has 0 unspecified atom stereocenters. The zero-order chi connectivity index (χ0) is 9.10. The summed E-state index contributed by atoms with van der Waals surface area (Å²) in [6.07, 6.45) is 5.74. The van der Waals surface area contributed by atoms with Gasteiger partial charge in [-0.1, -0.05) is 0 Å². The lowest BCUT2D eigenvalue weighted by Crippen LogP contribution is -2.27. The summed E-state index contributed by atoms with van der Waals surface area (Å²) in [7, 11) is 0. The Labute approximate surface area is 77.6 Å². The zero-order valence-electron chi connectivity index (χ0n) is 7.53. The van der Waals surface area contributed by atoms with E-state index in [1.807, 2.05) is 0 Å². The number of hydrogen-bond donors (Lipinski definition) is 2. The minimum absolute atomic E-state index is 0.498. The van der Waals surface area contributed by atoms with E-state index in [2.05, 4.69) is 15.3 Å². The second kappa shape index (κ2) is 3.70. The van der Waals surface area contributed by atoms with Gasteiger partial charge in [0.25, 0.3) is 0 Å². The van der Waals surface area contributed by atoms with Gasteiger partial charge in [0.15, 0.2) is 0 Å². The molecule has 1 aliphatic heterocycles. The summed E-state index contributed by atoms with van der Waals surface area (Å²) in [6, 6.07) is 0. The molecule has 2 rings (SSSR count). The van der Waals surface area contributed by atoms with Gasteiger partial charge in [-0.3, -0.25) is 4.98 Å². The molecular weight excluding hydrogens is 164 g/mol. The minimum Gasteiger partial charge on any atom is -0.382 e. The summed E-state index contributed by atoms with van der Waals surface area (Å²) in [5.74, 6) is 1.06. The molecule has 0 aliphatic carbocycles. The molecule has 13 heavy (non-hydrogen) atoms. The molecule has 0 aromatic carbocycles. The van der Waals surface area contributed by atoms with Gasteiger partial charge in [0.1, 0.15) is 5.82 Å². The van der Waals surface area contributed by atoms with Crippen molar-refractivity contribution in [2.45, 2.75) is 18.8 Å². The van der Waals surface area contributed by atoms with E-state index >= 15 is 0 Å². The van der Waals surface area contributed by atoms with Crippen LogP contribution in [-0.4, -0.2) is 23.1 Å². The molecular formula is C9H14N4. The Bertz CT molecular complexity index is 263. The summed E-state index contributed by atoms with van der Waals surface area (Å²) >= 11 is 0. The van der Waals surface area contributed by atoms with Crippen molar-refractivity contribution in [2.75, 3.05) is 18.8 Å². The van der Waals surface area contributed by atoms with Crippen LogP contribution in [0.3, 0.4) is 0 Å². The Morgan fingerprint density at radius 1 is 1.23 bits per heavy atom. The summed E-state index contributed by atoms with van der Waals surface area (Å²) < 4.78 is 0. The maximum absolute atomic E-state index is 5.47. The smallest absolute Gasteiger partial charge is 0.141 e. The van der Waals surface area contributed by atoms with Crippen LogP contribution in [0, 0.1) is 0 Å². The van der Waals surface area contributed by atoms with E-state index in [-0.39, 0.29) is 0 Å². The fourth-order valence-corrected chi connectivity index (χ4v) is 1.68. The van der Waals surface area contributed by atoms with Gasteiger partial charge in [0.2, 0.25) is 0 Å². The summed E-state index contributed by atoms with van der Waals surface area (Å²) in [5, 5.41) is 3.32. The zero-order valence-corrected chi connectivity index (χ0v) is 7.53. The van der Waals surface area contributed by atoms with Crippen molar-refractivity contribution in [3.8, 4) is 0 Å². The van der Waals surface area contributed by atoms with Gasteiger partial charge < -0.3 is 11.1 Å². The molecule has 0 radical (unpaired) electrons. The first kappa shape index (κ1) is 8.44. The largest absolute Gasteiger partial charge is 0.382 e. The van der Waals surface area contributed by atoms with Crippen LogP contribution in [0.5, 0.6) is 0 Å². The number of hydrogen-bond acceptors (Lipinski definition) is 4. The van der Waals surface area contributed by atoms with E-state index < -0.39 is 0 Å². The predicted molar refractivity (Wildman–Crippen MR) is 51.3 cm³/mol. The van der Waals surface area contributed by atoms with Crippen LogP contribution in [0.25, 0.3) is 0 Å². The van der Waals surface area contributed by atoms with Crippen LogP contribution in [-0.2, 0) is 0 Å². The molecule has 1 aromatic heterocycles. The molecule has 0 amide bonds. The lowest BCUT2D eigenvalue weighted by molar-refractivity contribution is 0.452. The summed E-state index contributed by atoms with van der Waals surface area (Å²) in [6.45, 7) is 2.16. The molecule has 0 atom stereocenters. The van der Waals surface area contributed by atoms with Crippen molar-refractivity contribution < 1.29 is 0 Å². The van der Waals surface area contributed by atoms with Crippen LogP contribution in [0.4, 0.5) is 5.82 Å². The number of nitrogen functional groups attached to an aromatic ring is 1. The molecule has 0 spiro atoms. The van der Waals surface area contributed by atoms with Crippen molar-refractivity contribution >= 4 is 5.82 Å². The fourth-order valence-electron chi connectivity index (χ4n) is 1.68. The Morgan fingerprint density at radius 2 is 2.00 bits per heavy atom. The third kappa shape index (κ3) is 1.95. The lowest BCUT2D eigenvalue weighted by Gasteiger charge is -2.21. The van der Waals surface area contributed by atoms with Gasteiger partial charge in [0.05, 0.1) is 18.1 Å². The molecule has 2 heterocycles. The molecule has 3 N–H and O–H groups in total. The van der Waals surface area contributed by atoms with E-state index in [1.165, 1.54) is 0 Å². The van der Waals surface area contributed by atoms with E-state index in [1.54, 1.807) is 12.4 Å². The van der Waals surface area contributed by atoms with Gasteiger partial charge in [0, 0.05) is 5.92 Å². The van der Waals surface area contributed by atoms with Crippen molar-refractivity contribution in [3.63, 3.8) is 0 Å². The van der Waals surface area contributed by atoms with E-state index in [4.69, 9.17) is 5.73 Å². The van der Waals surface area contributed by atoms with E-state index in [9.17, 15) is 0 Å². The molecule has 4 heteroatoms. The monoisotopic (exact) mass is 178 g/mol. The number of nitrogens with one attached hydrogen (secondary N) is 1. The van der Waals surface area contributed by atoms with E-state index in [0.29, 0.717) is 11.7 Å². The third-order valence-electron chi connectivity index (χ3n) is 2.45. The first-order chi connectivity index (χ1) is 6.36. The molecule has 1 saturated heterocycles. The Hall–Kier alpha value is -1.16. The van der Waals surface area contributed by atoms with Crippen LogP contribution < -0.4 is 11.1 Å². The van der Waals surface area contributed by atoms with Crippen LogP contribution in [0.1, 0.15) is 24.5 Å². The van der Waals surface area contributed by atoms with Crippen LogP contribution >= 0.6 is 0 Å². The number of aromatic nitrogens is 2. The molecule has 1 fully saturated rings. The minimum atomic E-state index is 0.498. The number of anilines is 1. The molecule has 1 aliphatic rings. The SMILES string of the molecule is Nc1cnc(C2CCNCC2)cn1. The second-order valence-corrected chi connectivity index (χ2v) is 3.39. The normalized spacial score (nSPS) is 18.8. The van der Waals surface area contributed by atoms with E-state index in [0.717, 1.165) is 31.6 Å². The number of rotatable bonds is 1. The number of nitrogens with zero attached hydrogens (tertiary/aromatic N) is 2. The average molecular weight is 178 g/mol. The maximum atomic E-state index is 5.47.